The molecule has 0 aliphatic carbocycles. The minimum absolute atomic E-state index is 0.0364. The van der Waals surface area contributed by atoms with E-state index in [1.54, 1.807) is 7.11 Å². The third kappa shape index (κ3) is 7.97. The van der Waals surface area contributed by atoms with E-state index in [0.717, 1.165) is 43.4 Å². The van der Waals surface area contributed by atoms with Crippen molar-refractivity contribution in [3.63, 3.8) is 0 Å². The van der Waals surface area contributed by atoms with E-state index < -0.39 is 11.7 Å². The standard InChI is InChI=1S/C36H43F3N4O/c1-26(32(18-23-44-3)29-8-5-4-6-9-29)33-24-35(40-25-34(33)36(37,38)39)41-30-13-11-28(12-14-30)27-10-7-19-43(22-15-27)31-16-20-42(2)21-17-31/h4-6,8-14,24-25,31-32H,1,7,15-23H2,2-3H3,(H,40,41). The van der Waals surface area contributed by atoms with Gasteiger partial charge in [-0.25, -0.2) is 4.98 Å². The number of likely N-dealkylation sites (tertiary alicyclic amines) is 1. The van der Waals surface area contributed by atoms with Crippen molar-refractivity contribution in [1.82, 2.24) is 14.8 Å². The van der Waals surface area contributed by atoms with Crippen molar-refractivity contribution >= 4 is 22.7 Å². The van der Waals surface area contributed by atoms with Gasteiger partial charge in [-0.15, -0.1) is 0 Å². The molecule has 1 fully saturated rings. The highest BCUT2D eigenvalue weighted by atomic mass is 19.4. The van der Waals surface area contributed by atoms with Crippen molar-refractivity contribution in [1.29, 1.82) is 0 Å². The fourth-order valence-corrected chi connectivity index (χ4v) is 6.45. The number of aromatic nitrogens is 1. The quantitative estimate of drug-likeness (QED) is 0.252. The maximum atomic E-state index is 14.1. The number of methoxy groups -OCH3 is 1. The monoisotopic (exact) mass is 604 g/mol. The van der Waals surface area contributed by atoms with Crippen molar-refractivity contribution in [3.8, 4) is 0 Å². The molecule has 5 nitrogen and oxygen atoms in total. The lowest BCUT2D eigenvalue weighted by Crippen LogP contribution is -2.44. The molecule has 5 rings (SSSR count). The summed E-state index contributed by atoms with van der Waals surface area (Å²) in [5, 5.41) is 3.22. The number of pyridine rings is 1. The maximum absolute atomic E-state index is 14.1. The van der Waals surface area contributed by atoms with E-state index in [1.807, 2.05) is 42.5 Å². The van der Waals surface area contributed by atoms with Crippen molar-refractivity contribution in [3.05, 3.63) is 102 Å². The smallest absolute Gasteiger partial charge is 0.385 e. The third-order valence-electron chi connectivity index (χ3n) is 9.00. The Morgan fingerprint density at radius 1 is 1.05 bits per heavy atom. The van der Waals surface area contributed by atoms with Gasteiger partial charge in [-0.2, -0.15) is 13.2 Å². The first-order chi connectivity index (χ1) is 21.2. The number of piperidine rings is 1. The molecule has 0 amide bonds. The summed E-state index contributed by atoms with van der Waals surface area (Å²) >= 11 is 0. The van der Waals surface area contributed by atoms with Crippen LogP contribution in [0.15, 0.2) is 79.5 Å². The molecule has 2 aromatic carbocycles. The molecular weight excluding hydrogens is 561 g/mol. The molecule has 1 N–H and O–H groups in total. The fraction of sp³-hybridized carbons (Fsp3) is 0.417. The molecule has 234 valence electrons. The van der Waals surface area contributed by atoms with E-state index in [1.165, 1.54) is 43.1 Å². The minimum Gasteiger partial charge on any atom is -0.385 e. The zero-order valence-electron chi connectivity index (χ0n) is 25.7. The number of alkyl halides is 3. The van der Waals surface area contributed by atoms with Gasteiger partial charge in [0.1, 0.15) is 5.82 Å². The number of hydrogen-bond donors (Lipinski definition) is 1. The molecule has 44 heavy (non-hydrogen) atoms. The predicted molar refractivity (Wildman–Crippen MR) is 173 cm³/mol. The van der Waals surface area contributed by atoms with E-state index in [-0.39, 0.29) is 11.5 Å². The lowest BCUT2D eigenvalue weighted by atomic mass is 9.84. The third-order valence-corrected chi connectivity index (χ3v) is 9.00. The summed E-state index contributed by atoms with van der Waals surface area (Å²) < 4.78 is 47.7. The molecule has 3 heterocycles. The first kappa shape index (κ1) is 31.9. The molecule has 1 unspecified atom stereocenters. The number of nitrogens with one attached hydrogen (secondary N) is 1. The van der Waals surface area contributed by atoms with Gasteiger partial charge in [-0.1, -0.05) is 55.1 Å². The molecule has 1 aromatic heterocycles. The number of halogens is 3. The average molecular weight is 605 g/mol. The number of ether oxygens (including phenoxy) is 1. The highest BCUT2D eigenvalue weighted by molar-refractivity contribution is 5.75. The topological polar surface area (TPSA) is 40.6 Å². The van der Waals surface area contributed by atoms with Crippen LogP contribution in [0, 0.1) is 0 Å². The second-order valence-corrected chi connectivity index (χ2v) is 11.9. The summed E-state index contributed by atoms with van der Waals surface area (Å²) in [4.78, 5) is 9.21. The van der Waals surface area contributed by atoms with Crippen molar-refractivity contribution in [2.45, 2.75) is 50.2 Å². The second-order valence-electron chi connectivity index (χ2n) is 11.9. The van der Waals surface area contributed by atoms with E-state index in [4.69, 9.17) is 4.74 Å². The van der Waals surface area contributed by atoms with Crippen LogP contribution in [0.5, 0.6) is 0 Å². The van der Waals surface area contributed by atoms with E-state index in [9.17, 15) is 13.2 Å². The largest absolute Gasteiger partial charge is 0.418 e. The Hall–Kier alpha value is -3.46. The van der Waals surface area contributed by atoms with Crippen LogP contribution in [0.2, 0.25) is 0 Å². The highest BCUT2D eigenvalue weighted by Crippen LogP contribution is 2.41. The summed E-state index contributed by atoms with van der Waals surface area (Å²) in [5.41, 5.74) is 3.81. The summed E-state index contributed by atoms with van der Waals surface area (Å²) in [7, 11) is 3.79. The molecule has 0 spiro atoms. The molecule has 1 saturated heterocycles. The Morgan fingerprint density at radius 2 is 1.77 bits per heavy atom. The highest BCUT2D eigenvalue weighted by Gasteiger charge is 2.36. The Labute approximate surface area is 259 Å². The Balaban J connectivity index is 1.31. The number of hydrogen-bond acceptors (Lipinski definition) is 5. The Kier molecular flexibility index (Phi) is 10.6. The second kappa shape index (κ2) is 14.5. The number of anilines is 2. The van der Waals surface area contributed by atoms with Crippen molar-refractivity contribution < 1.29 is 17.9 Å². The lowest BCUT2D eigenvalue weighted by Gasteiger charge is -2.36. The molecule has 0 saturated carbocycles. The fourth-order valence-electron chi connectivity index (χ4n) is 6.45. The number of benzene rings is 2. The van der Waals surface area contributed by atoms with Gasteiger partial charge < -0.3 is 15.0 Å². The molecule has 0 radical (unpaired) electrons. The van der Waals surface area contributed by atoms with Crippen LogP contribution in [-0.2, 0) is 10.9 Å². The first-order valence-electron chi connectivity index (χ1n) is 15.5. The average Bonchev–Trinajstić information content (AvgIpc) is 3.28. The Morgan fingerprint density at radius 3 is 2.45 bits per heavy atom. The van der Waals surface area contributed by atoms with Gasteiger partial charge >= 0.3 is 6.18 Å². The number of nitrogens with zero attached hydrogens (tertiary/aromatic N) is 3. The van der Waals surface area contributed by atoms with Crippen LogP contribution in [0.1, 0.15) is 60.3 Å². The van der Waals surface area contributed by atoms with Crippen LogP contribution in [0.4, 0.5) is 24.7 Å². The summed E-state index contributed by atoms with van der Waals surface area (Å²) in [6.07, 6.45) is 3.73. The van der Waals surface area contributed by atoms with Gasteiger partial charge in [0.25, 0.3) is 0 Å². The predicted octanol–water partition coefficient (Wildman–Crippen LogP) is 8.25. The lowest BCUT2D eigenvalue weighted by molar-refractivity contribution is -0.138. The van der Waals surface area contributed by atoms with Gasteiger partial charge in [-0.05, 0) is 98.3 Å². The zero-order valence-corrected chi connectivity index (χ0v) is 25.7. The number of allylic oxidation sites excluding steroid dienone is 1. The molecular formula is C36H43F3N4O. The van der Waals surface area contributed by atoms with Crippen molar-refractivity contribution in [2.24, 2.45) is 0 Å². The van der Waals surface area contributed by atoms with Crippen molar-refractivity contribution in [2.75, 3.05) is 52.3 Å². The minimum atomic E-state index is -4.57. The van der Waals surface area contributed by atoms with Crippen LogP contribution >= 0.6 is 0 Å². The molecule has 8 heteroatoms. The molecule has 0 bridgehead atoms. The van der Waals surface area contributed by atoms with Crippen LogP contribution in [0.25, 0.3) is 11.1 Å². The van der Waals surface area contributed by atoms with E-state index in [0.29, 0.717) is 30.5 Å². The molecule has 2 aliphatic heterocycles. The van der Waals surface area contributed by atoms with Gasteiger partial charge in [0.2, 0.25) is 0 Å². The van der Waals surface area contributed by atoms with E-state index >= 15 is 0 Å². The SMILES string of the molecule is C=C(c1cc(Nc2ccc(C3=CCCN(C4CCN(C)CC4)CC3)cc2)ncc1C(F)(F)F)C(CCOC)c1ccccc1. The van der Waals surface area contributed by atoms with Gasteiger partial charge in [0, 0.05) is 50.7 Å². The van der Waals surface area contributed by atoms with E-state index in [2.05, 4.69) is 51.9 Å². The summed E-state index contributed by atoms with van der Waals surface area (Å²) in [6.45, 7) is 9.06. The first-order valence-corrected chi connectivity index (χ1v) is 15.5. The number of rotatable bonds is 10. The molecule has 3 aromatic rings. The maximum Gasteiger partial charge on any atom is 0.418 e. The van der Waals surface area contributed by atoms with Crippen LogP contribution in [0.3, 0.4) is 0 Å². The van der Waals surface area contributed by atoms with Crippen LogP contribution in [-0.4, -0.2) is 67.8 Å². The van der Waals surface area contributed by atoms with Gasteiger partial charge in [0.05, 0.1) is 5.56 Å². The summed E-state index contributed by atoms with van der Waals surface area (Å²) in [6, 6.07) is 19.7. The van der Waals surface area contributed by atoms with Crippen LogP contribution < -0.4 is 5.32 Å². The molecule has 1 atom stereocenters. The van der Waals surface area contributed by atoms with Gasteiger partial charge in [0.15, 0.2) is 0 Å². The normalized spacial score (nSPS) is 18.0. The zero-order chi connectivity index (χ0) is 31.1. The summed E-state index contributed by atoms with van der Waals surface area (Å²) in [5.74, 6) is -0.00193. The Bertz CT molecular complexity index is 1410. The van der Waals surface area contributed by atoms with Gasteiger partial charge in [-0.3, -0.25) is 4.90 Å². The molecule has 2 aliphatic rings.